The number of unbranched alkanes of at least 4 members (excludes halogenated alkanes) is 16. The number of esters is 2. The van der Waals surface area contributed by atoms with Crippen LogP contribution in [0, 0.1) is 0 Å². The van der Waals surface area contributed by atoms with E-state index in [-0.39, 0.29) is 38.6 Å². The number of carboxylic acid groups (broad SMARTS) is 1. The minimum absolute atomic E-state index is 0.177. The summed E-state index contributed by atoms with van der Waals surface area (Å²) >= 11 is 0. The monoisotopic (exact) mass is 1060 g/mol. The van der Waals surface area contributed by atoms with E-state index in [9.17, 15) is 19.5 Å². The molecule has 0 radical (unpaired) electrons. The molecule has 0 heterocycles. The van der Waals surface area contributed by atoms with E-state index < -0.39 is 24.3 Å². The summed E-state index contributed by atoms with van der Waals surface area (Å²) in [5.41, 5.74) is 0. The zero-order valence-electron chi connectivity index (χ0n) is 48.9. The van der Waals surface area contributed by atoms with Crippen molar-refractivity contribution in [2.45, 2.75) is 225 Å². The van der Waals surface area contributed by atoms with Crippen molar-refractivity contribution >= 4 is 17.9 Å². The van der Waals surface area contributed by atoms with Gasteiger partial charge in [-0.15, -0.1) is 0 Å². The fourth-order valence-electron chi connectivity index (χ4n) is 7.55. The number of allylic oxidation sites excluding steroid dienone is 22. The first kappa shape index (κ1) is 71.4. The lowest BCUT2D eigenvalue weighted by atomic mass is 10.1. The smallest absolute Gasteiger partial charge is 0.361 e. The van der Waals surface area contributed by atoms with Crippen molar-refractivity contribution in [3.05, 3.63) is 134 Å². The molecule has 430 valence electrons. The fraction of sp³-hybridized carbons (Fsp3) is 0.627. The molecule has 2 atom stereocenters. The van der Waals surface area contributed by atoms with Gasteiger partial charge in [0.25, 0.3) is 6.29 Å². The SMILES string of the molecule is CC/C=C\C/C=C\C/C=C\C/C=C\C/C=C\C/C=C\C/C=C\C/C=C\C/C=C\CCCCCCCCCCCC(=O)OC(COC(=O)CCCCCCC/C=C\C/C=C\CCCC)COC(OCC[N+](C)(C)C)C(=O)O. The van der Waals surface area contributed by atoms with Gasteiger partial charge in [-0.2, -0.15) is 0 Å². The summed E-state index contributed by atoms with van der Waals surface area (Å²) in [5.74, 6) is -2.05. The summed E-state index contributed by atoms with van der Waals surface area (Å²) in [4.78, 5) is 37.4. The largest absolute Gasteiger partial charge is 0.477 e. The van der Waals surface area contributed by atoms with Crippen molar-refractivity contribution in [1.82, 2.24) is 0 Å². The number of carbonyl (C=O) groups is 3. The maximum absolute atomic E-state index is 12.9. The predicted molar refractivity (Wildman–Crippen MR) is 322 cm³/mol. The summed E-state index contributed by atoms with van der Waals surface area (Å²) in [7, 11) is 5.95. The second-order valence-electron chi connectivity index (χ2n) is 20.6. The Morgan fingerprint density at radius 1 is 0.408 bits per heavy atom. The molecule has 0 aliphatic heterocycles. The average molecular weight is 1060 g/mol. The molecule has 0 fully saturated rings. The maximum Gasteiger partial charge on any atom is 0.361 e. The predicted octanol–water partition coefficient (Wildman–Crippen LogP) is 17.8. The first-order valence-corrected chi connectivity index (χ1v) is 29.8. The van der Waals surface area contributed by atoms with E-state index in [1.165, 1.54) is 44.9 Å². The fourth-order valence-corrected chi connectivity index (χ4v) is 7.55. The topological polar surface area (TPSA) is 108 Å². The van der Waals surface area contributed by atoms with Gasteiger partial charge < -0.3 is 28.5 Å². The number of quaternary nitrogens is 1. The van der Waals surface area contributed by atoms with Crippen LogP contribution in [0.15, 0.2) is 134 Å². The number of carboxylic acids is 1. The molecule has 0 aromatic rings. The van der Waals surface area contributed by atoms with Crippen LogP contribution in [-0.4, -0.2) is 87.4 Å². The van der Waals surface area contributed by atoms with Gasteiger partial charge in [0, 0.05) is 12.8 Å². The number of hydrogen-bond donors (Lipinski definition) is 1. The quantitative estimate of drug-likeness (QED) is 0.0211. The van der Waals surface area contributed by atoms with Crippen molar-refractivity contribution in [2.24, 2.45) is 0 Å². The molecule has 76 heavy (non-hydrogen) atoms. The molecule has 0 aromatic carbocycles. The van der Waals surface area contributed by atoms with E-state index >= 15 is 0 Å². The Morgan fingerprint density at radius 2 is 0.750 bits per heavy atom. The first-order chi connectivity index (χ1) is 37.1. The highest BCUT2D eigenvalue weighted by Crippen LogP contribution is 2.14. The van der Waals surface area contributed by atoms with Gasteiger partial charge in [-0.25, -0.2) is 4.79 Å². The van der Waals surface area contributed by atoms with Crippen molar-refractivity contribution in [2.75, 3.05) is 47.5 Å². The summed E-state index contributed by atoms with van der Waals surface area (Å²) in [6.07, 6.45) is 78.2. The van der Waals surface area contributed by atoms with Crippen molar-refractivity contribution in [3.8, 4) is 0 Å². The van der Waals surface area contributed by atoms with Crippen molar-refractivity contribution in [1.29, 1.82) is 0 Å². The zero-order chi connectivity index (χ0) is 55.5. The maximum atomic E-state index is 12.9. The van der Waals surface area contributed by atoms with Crippen LogP contribution < -0.4 is 0 Å². The van der Waals surface area contributed by atoms with Gasteiger partial charge >= 0.3 is 17.9 Å². The number of likely N-dealkylation sites (N-methyl/N-ethyl adjacent to an activating group) is 1. The van der Waals surface area contributed by atoms with Gasteiger partial charge in [0.05, 0.1) is 34.4 Å². The summed E-state index contributed by atoms with van der Waals surface area (Å²) in [6, 6.07) is 0. The molecule has 1 N–H and O–H groups in total. The van der Waals surface area contributed by atoms with Crippen LogP contribution in [0.3, 0.4) is 0 Å². The molecule has 0 saturated heterocycles. The van der Waals surface area contributed by atoms with Crippen LogP contribution in [0.2, 0.25) is 0 Å². The highest BCUT2D eigenvalue weighted by Gasteiger charge is 2.25. The van der Waals surface area contributed by atoms with Crippen molar-refractivity contribution in [3.63, 3.8) is 0 Å². The van der Waals surface area contributed by atoms with Gasteiger partial charge in [-0.1, -0.05) is 225 Å². The molecule has 0 aliphatic rings. The molecule has 0 spiro atoms. The Bertz CT molecular complexity index is 1700. The Morgan fingerprint density at radius 3 is 1.12 bits per heavy atom. The molecule has 2 unspecified atom stereocenters. The molecular weight excluding hydrogens is 947 g/mol. The van der Waals surface area contributed by atoms with Crippen molar-refractivity contribution < 1.29 is 42.9 Å². The van der Waals surface area contributed by atoms with Crippen LogP contribution in [0.5, 0.6) is 0 Å². The van der Waals surface area contributed by atoms with Gasteiger partial charge in [-0.05, 0) is 109 Å². The zero-order valence-corrected chi connectivity index (χ0v) is 48.9. The highest BCUT2D eigenvalue weighted by molar-refractivity contribution is 5.71. The first-order valence-electron chi connectivity index (χ1n) is 29.8. The molecule has 0 bridgehead atoms. The van der Waals surface area contributed by atoms with Crippen LogP contribution >= 0.6 is 0 Å². The van der Waals surface area contributed by atoms with Gasteiger partial charge in [0.15, 0.2) is 6.10 Å². The normalized spacial score (nSPS) is 13.8. The second kappa shape index (κ2) is 56.6. The standard InChI is InChI=1S/C67H109NO8/c1-6-8-10-12-14-16-18-20-22-23-24-25-26-27-28-29-30-31-32-33-34-35-36-37-38-39-40-41-42-43-44-46-48-50-52-54-56-58-65(70)76-63(62-75-67(66(71)72)73-60-59-68(3,4)5)61-74-64(69)57-55-53-51-49-47-45-21-19-17-15-13-11-9-7-2/h8,10,13-16,19-22,24-25,27-28,30-31,33-34,36-37,39-40,63,67H,6-7,9,11-12,17-18,23,26,29,32,35,38,41-62H2,1-5H3/p+1/b10-8-,15-13-,16-14-,21-19-,22-20-,25-24-,28-27-,31-30-,34-33-,37-36-,40-39-. The van der Waals surface area contributed by atoms with E-state index in [0.717, 1.165) is 135 Å². The third-order valence-corrected chi connectivity index (χ3v) is 12.1. The van der Waals surface area contributed by atoms with E-state index in [0.29, 0.717) is 17.4 Å². The number of nitrogens with zero attached hydrogens (tertiary/aromatic N) is 1. The summed E-state index contributed by atoms with van der Waals surface area (Å²) in [5, 5.41) is 9.69. The van der Waals surface area contributed by atoms with E-state index in [1.54, 1.807) is 0 Å². The molecule has 0 aromatic heterocycles. The molecular formula is C67H110NO8+. The number of ether oxygens (including phenoxy) is 4. The van der Waals surface area contributed by atoms with Crippen LogP contribution in [0.25, 0.3) is 0 Å². The van der Waals surface area contributed by atoms with Crippen LogP contribution in [0.4, 0.5) is 0 Å². The number of hydrogen-bond acceptors (Lipinski definition) is 7. The molecule has 9 nitrogen and oxygen atoms in total. The second-order valence-corrected chi connectivity index (χ2v) is 20.6. The third kappa shape index (κ3) is 57.1. The molecule has 0 saturated carbocycles. The Labute approximate surface area is 465 Å². The van der Waals surface area contributed by atoms with E-state index in [1.807, 2.05) is 21.1 Å². The number of rotatable bonds is 53. The lowest BCUT2D eigenvalue weighted by Gasteiger charge is -2.25. The summed E-state index contributed by atoms with van der Waals surface area (Å²) < 4.78 is 22.8. The minimum Gasteiger partial charge on any atom is -0.477 e. The van der Waals surface area contributed by atoms with E-state index in [2.05, 4.69) is 148 Å². The minimum atomic E-state index is -1.52. The lowest BCUT2D eigenvalue weighted by molar-refractivity contribution is -0.870. The summed E-state index contributed by atoms with van der Waals surface area (Å²) in [6.45, 7) is 4.67. The van der Waals surface area contributed by atoms with Gasteiger partial charge in [0.2, 0.25) is 0 Å². The van der Waals surface area contributed by atoms with Crippen LogP contribution in [0.1, 0.15) is 213 Å². The van der Waals surface area contributed by atoms with E-state index in [4.69, 9.17) is 18.9 Å². The number of aliphatic carboxylic acids is 1. The highest BCUT2D eigenvalue weighted by atomic mass is 16.7. The van der Waals surface area contributed by atoms with Gasteiger partial charge in [-0.3, -0.25) is 9.59 Å². The average Bonchev–Trinajstić information content (AvgIpc) is 3.39. The molecule has 9 heteroatoms. The molecule has 0 rings (SSSR count). The molecule has 0 amide bonds. The van der Waals surface area contributed by atoms with Gasteiger partial charge in [0.1, 0.15) is 13.2 Å². The Hall–Kier alpha value is -4.57. The Kier molecular flexibility index (Phi) is 53.2. The third-order valence-electron chi connectivity index (χ3n) is 12.1. The Balaban J connectivity index is 4.20. The lowest BCUT2D eigenvalue weighted by Crippen LogP contribution is -2.40. The molecule has 0 aliphatic carbocycles. The number of carbonyl (C=O) groups excluding carboxylic acids is 2. The van der Waals surface area contributed by atoms with Crippen LogP contribution in [-0.2, 0) is 33.3 Å².